The van der Waals surface area contributed by atoms with E-state index >= 15 is 0 Å². The summed E-state index contributed by atoms with van der Waals surface area (Å²) in [7, 11) is 0. The maximum absolute atomic E-state index is 10.5. The van der Waals surface area contributed by atoms with Crippen LogP contribution in [0.15, 0.2) is 0 Å². The quantitative estimate of drug-likeness (QED) is 0.464. The van der Waals surface area contributed by atoms with E-state index in [4.69, 9.17) is 4.74 Å². The molecule has 0 amide bonds. The first-order chi connectivity index (χ1) is 3.89. The van der Waals surface area contributed by atoms with Crippen LogP contribution in [-0.2, 0) is 9.53 Å². The number of hydrogen-bond donors (Lipinski definition) is 0. The largest absolute Gasteiger partial charge is 0.466 e. The predicted octanol–water partition coefficient (Wildman–Crippen LogP) is 1.55. The topological polar surface area (TPSA) is 26.3 Å². The normalized spacial score (nSPS) is 19.3. The Balaban J connectivity index is 0.000000640. The maximum atomic E-state index is 10.5. The van der Waals surface area contributed by atoms with E-state index in [0.29, 0.717) is 13.0 Å². The van der Waals surface area contributed by atoms with E-state index in [1.807, 2.05) is 0 Å². The highest BCUT2D eigenvalue weighted by molar-refractivity contribution is 5.69. The van der Waals surface area contributed by atoms with Crippen LogP contribution in [0, 0.1) is 7.43 Å². The average molecular weight is 129 g/mol. The molecule has 0 aromatic rings. The van der Waals surface area contributed by atoms with Gasteiger partial charge in [-0.1, -0.05) is 7.43 Å². The molecule has 9 heavy (non-hydrogen) atoms. The summed E-state index contributed by atoms with van der Waals surface area (Å²) in [5.74, 6) is -0.0255. The fourth-order valence-corrected chi connectivity index (χ4v) is 0.806. The van der Waals surface area contributed by atoms with Crippen LogP contribution in [0.1, 0.15) is 25.7 Å². The second-order valence-electron chi connectivity index (χ2n) is 2.03. The van der Waals surface area contributed by atoms with Gasteiger partial charge in [0.2, 0.25) is 0 Å². The molecule has 1 aliphatic heterocycles. The van der Waals surface area contributed by atoms with Crippen LogP contribution in [0.2, 0.25) is 0 Å². The molecule has 2 nitrogen and oxygen atoms in total. The zero-order valence-corrected chi connectivity index (χ0v) is 5.85. The standard InChI is InChI=1S/C6H10O2.CH3/c7-6-4-2-1-3-5-8-6;/h1-5H2;1H3. The van der Waals surface area contributed by atoms with Crippen molar-refractivity contribution in [2.75, 3.05) is 6.61 Å². The van der Waals surface area contributed by atoms with E-state index in [9.17, 15) is 4.79 Å². The molecule has 0 N–H and O–H groups in total. The molecule has 2 heteroatoms. The summed E-state index contributed by atoms with van der Waals surface area (Å²) in [6.07, 6.45) is 3.83. The molecule has 1 fully saturated rings. The molecule has 1 saturated heterocycles. The minimum atomic E-state index is -0.0255. The van der Waals surface area contributed by atoms with Gasteiger partial charge in [-0.3, -0.25) is 4.79 Å². The lowest BCUT2D eigenvalue weighted by molar-refractivity contribution is -0.142. The van der Waals surface area contributed by atoms with Gasteiger partial charge in [0.25, 0.3) is 0 Å². The first-order valence-corrected chi connectivity index (χ1v) is 3.05. The number of carbonyl (C=O) groups is 1. The highest BCUT2D eigenvalue weighted by atomic mass is 16.5. The van der Waals surface area contributed by atoms with Crippen LogP contribution in [-0.4, -0.2) is 12.6 Å². The third kappa shape index (κ3) is 3.12. The molecule has 0 unspecified atom stereocenters. The zero-order valence-electron chi connectivity index (χ0n) is 5.85. The Morgan fingerprint density at radius 2 is 2.00 bits per heavy atom. The van der Waals surface area contributed by atoms with E-state index in [0.717, 1.165) is 19.3 Å². The van der Waals surface area contributed by atoms with Crippen molar-refractivity contribution < 1.29 is 9.53 Å². The fraction of sp³-hybridized carbons (Fsp3) is 0.714. The summed E-state index contributed by atoms with van der Waals surface area (Å²) in [6.45, 7) is 0.638. The first kappa shape index (κ1) is 8.47. The molecular formula is C7H13O2. The number of ether oxygens (including phenoxy) is 1. The van der Waals surface area contributed by atoms with Gasteiger partial charge in [0.15, 0.2) is 0 Å². The van der Waals surface area contributed by atoms with Crippen molar-refractivity contribution in [1.29, 1.82) is 0 Å². The Morgan fingerprint density at radius 3 is 2.78 bits per heavy atom. The van der Waals surface area contributed by atoms with Crippen LogP contribution >= 0.6 is 0 Å². The molecule has 0 aliphatic carbocycles. The highest BCUT2D eigenvalue weighted by Gasteiger charge is 2.05. The van der Waals surface area contributed by atoms with Gasteiger partial charge in [-0.25, -0.2) is 0 Å². The fourth-order valence-electron chi connectivity index (χ4n) is 0.806. The van der Waals surface area contributed by atoms with Crippen molar-refractivity contribution in [3.05, 3.63) is 7.43 Å². The molecule has 0 atom stereocenters. The van der Waals surface area contributed by atoms with Crippen LogP contribution in [0.4, 0.5) is 0 Å². The number of carbonyl (C=O) groups excluding carboxylic acids is 1. The van der Waals surface area contributed by atoms with Gasteiger partial charge >= 0.3 is 5.97 Å². The Morgan fingerprint density at radius 1 is 1.22 bits per heavy atom. The Kier molecular flexibility index (Phi) is 4.10. The van der Waals surface area contributed by atoms with Gasteiger partial charge in [-0.15, -0.1) is 0 Å². The van der Waals surface area contributed by atoms with E-state index in [1.165, 1.54) is 0 Å². The van der Waals surface area contributed by atoms with Crippen molar-refractivity contribution in [2.45, 2.75) is 25.7 Å². The summed E-state index contributed by atoms with van der Waals surface area (Å²) in [5.41, 5.74) is 0. The van der Waals surface area contributed by atoms with Gasteiger partial charge in [-0.05, 0) is 19.3 Å². The lowest BCUT2D eigenvalue weighted by atomic mass is 10.2. The van der Waals surface area contributed by atoms with Crippen molar-refractivity contribution in [1.82, 2.24) is 0 Å². The molecular weight excluding hydrogens is 116 g/mol. The van der Waals surface area contributed by atoms with Crippen LogP contribution in [0.3, 0.4) is 0 Å². The van der Waals surface area contributed by atoms with Gasteiger partial charge < -0.3 is 4.74 Å². The monoisotopic (exact) mass is 129 g/mol. The Labute approximate surface area is 56.2 Å². The first-order valence-electron chi connectivity index (χ1n) is 3.05. The van der Waals surface area contributed by atoms with Crippen molar-refractivity contribution in [3.63, 3.8) is 0 Å². The second-order valence-corrected chi connectivity index (χ2v) is 2.03. The molecule has 1 radical (unpaired) electrons. The smallest absolute Gasteiger partial charge is 0.305 e. The van der Waals surface area contributed by atoms with Gasteiger partial charge in [0.1, 0.15) is 0 Å². The Bertz CT molecular complexity index is 78.9. The zero-order chi connectivity index (χ0) is 5.82. The third-order valence-corrected chi connectivity index (χ3v) is 1.29. The SMILES string of the molecule is O=C1CCCCCO1.[CH3]. The molecule has 1 heterocycles. The minimum absolute atomic E-state index is 0. The number of hydrogen-bond acceptors (Lipinski definition) is 2. The average Bonchev–Trinajstić information content (AvgIpc) is 1.94. The molecule has 0 aromatic carbocycles. The second kappa shape index (κ2) is 4.36. The lowest BCUT2D eigenvalue weighted by Crippen LogP contribution is -2.00. The summed E-state index contributed by atoms with van der Waals surface area (Å²) < 4.78 is 4.76. The third-order valence-electron chi connectivity index (χ3n) is 1.29. The molecule has 0 aromatic heterocycles. The summed E-state index contributed by atoms with van der Waals surface area (Å²) >= 11 is 0. The van der Waals surface area contributed by atoms with Gasteiger partial charge in [-0.2, -0.15) is 0 Å². The van der Waals surface area contributed by atoms with Crippen molar-refractivity contribution >= 4 is 5.97 Å². The van der Waals surface area contributed by atoms with Crippen LogP contribution in [0.5, 0.6) is 0 Å². The number of rotatable bonds is 0. The summed E-state index contributed by atoms with van der Waals surface area (Å²) in [4.78, 5) is 10.5. The molecule has 0 bridgehead atoms. The molecule has 1 aliphatic rings. The number of esters is 1. The van der Waals surface area contributed by atoms with Crippen LogP contribution in [0.25, 0.3) is 0 Å². The Hall–Kier alpha value is -0.530. The molecule has 1 rings (SSSR count). The summed E-state index contributed by atoms with van der Waals surface area (Å²) in [6, 6.07) is 0. The van der Waals surface area contributed by atoms with Crippen LogP contribution < -0.4 is 0 Å². The van der Waals surface area contributed by atoms with E-state index in [1.54, 1.807) is 0 Å². The summed E-state index contributed by atoms with van der Waals surface area (Å²) in [5, 5.41) is 0. The highest BCUT2D eigenvalue weighted by Crippen LogP contribution is 2.06. The number of cyclic esters (lactones) is 1. The van der Waals surface area contributed by atoms with Gasteiger partial charge in [0, 0.05) is 6.42 Å². The lowest BCUT2D eigenvalue weighted by Gasteiger charge is -1.93. The predicted molar refractivity (Wildman–Crippen MR) is 35.8 cm³/mol. The van der Waals surface area contributed by atoms with E-state index < -0.39 is 0 Å². The van der Waals surface area contributed by atoms with Crippen molar-refractivity contribution in [2.24, 2.45) is 0 Å². The molecule has 0 saturated carbocycles. The van der Waals surface area contributed by atoms with E-state index in [2.05, 4.69) is 0 Å². The van der Waals surface area contributed by atoms with Crippen molar-refractivity contribution in [3.8, 4) is 0 Å². The molecule has 0 spiro atoms. The minimum Gasteiger partial charge on any atom is -0.466 e. The van der Waals surface area contributed by atoms with E-state index in [-0.39, 0.29) is 13.4 Å². The van der Waals surface area contributed by atoms with Gasteiger partial charge in [0.05, 0.1) is 6.61 Å². The molecule has 53 valence electrons. The maximum Gasteiger partial charge on any atom is 0.305 e.